The van der Waals surface area contributed by atoms with Gasteiger partial charge in [0.2, 0.25) is 0 Å². The second-order valence-corrected chi connectivity index (χ2v) is 2.71. The molecule has 0 radical (unpaired) electrons. The molecule has 0 heterocycles. The summed E-state index contributed by atoms with van der Waals surface area (Å²) in [6.07, 6.45) is -0.326. The molecule has 3 nitrogen and oxygen atoms in total. The quantitative estimate of drug-likeness (QED) is 0.603. The van der Waals surface area contributed by atoms with Crippen LogP contribution in [0.4, 0.5) is 4.39 Å². The first-order valence-corrected chi connectivity index (χ1v) is 3.43. The highest BCUT2D eigenvalue weighted by atomic mass is 19.1. The highest BCUT2D eigenvalue weighted by Gasteiger charge is 2.27. The number of carbonyl (C=O) groups is 1. The maximum atomic E-state index is 12.1. The van der Waals surface area contributed by atoms with Crippen LogP contribution < -0.4 is 0 Å². The number of alkyl halides is 1. The smallest absolute Gasteiger partial charge is 0.132 e. The molecular formula is C7H13FO3. The maximum absolute atomic E-state index is 12.1. The summed E-state index contributed by atoms with van der Waals surface area (Å²) in [5, 5.41) is 17.6. The first-order chi connectivity index (χ1) is 5.04. The third kappa shape index (κ3) is 4.06. The molecule has 0 aliphatic carbocycles. The minimum Gasteiger partial charge on any atom is -0.396 e. The molecule has 0 bridgehead atoms. The maximum Gasteiger partial charge on any atom is 0.132 e. The minimum atomic E-state index is -1.65. The monoisotopic (exact) mass is 164 g/mol. The number of aliphatic hydroxyl groups is 2. The van der Waals surface area contributed by atoms with Crippen molar-refractivity contribution in [3.8, 4) is 0 Å². The van der Waals surface area contributed by atoms with Crippen LogP contribution in [0.3, 0.4) is 0 Å². The first-order valence-electron chi connectivity index (χ1n) is 3.43. The Morgan fingerprint density at radius 1 is 1.64 bits per heavy atom. The summed E-state index contributed by atoms with van der Waals surface area (Å²) in [7, 11) is 0. The van der Waals surface area contributed by atoms with E-state index < -0.39 is 12.3 Å². The molecule has 1 atom stereocenters. The van der Waals surface area contributed by atoms with Crippen molar-refractivity contribution in [3.63, 3.8) is 0 Å². The Morgan fingerprint density at radius 3 is 2.45 bits per heavy atom. The van der Waals surface area contributed by atoms with Crippen LogP contribution in [0.2, 0.25) is 0 Å². The van der Waals surface area contributed by atoms with E-state index in [0.29, 0.717) is 0 Å². The lowest BCUT2D eigenvalue weighted by Crippen LogP contribution is -2.34. The molecule has 1 unspecified atom stereocenters. The topological polar surface area (TPSA) is 57.5 Å². The second-order valence-electron chi connectivity index (χ2n) is 2.71. The molecule has 11 heavy (non-hydrogen) atoms. The number of rotatable bonds is 5. The van der Waals surface area contributed by atoms with Crippen LogP contribution in [0.1, 0.15) is 19.8 Å². The fourth-order valence-corrected chi connectivity index (χ4v) is 0.874. The summed E-state index contributed by atoms with van der Waals surface area (Å²) in [6.45, 7) is -0.0289. The van der Waals surface area contributed by atoms with Gasteiger partial charge in [-0.2, -0.15) is 0 Å². The molecule has 0 amide bonds. The molecule has 66 valence electrons. The zero-order valence-corrected chi connectivity index (χ0v) is 6.51. The molecular weight excluding hydrogens is 151 g/mol. The number of carbonyl (C=O) groups excluding carboxylic acids is 1. The lowest BCUT2D eigenvalue weighted by molar-refractivity contribution is -0.123. The fourth-order valence-electron chi connectivity index (χ4n) is 0.874. The van der Waals surface area contributed by atoms with Gasteiger partial charge in [-0.3, -0.25) is 4.79 Å². The zero-order valence-electron chi connectivity index (χ0n) is 6.51. The molecule has 0 saturated carbocycles. The van der Waals surface area contributed by atoms with E-state index in [1.807, 2.05) is 0 Å². The Labute approximate surface area is 64.8 Å². The van der Waals surface area contributed by atoms with Gasteiger partial charge in [0.15, 0.2) is 0 Å². The van der Waals surface area contributed by atoms with Crippen LogP contribution in [0, 0.1) is 0 Å². The van der Waals surface area contributed by atoms with Crippen molar-refractivity contribution < 1.29 is 19.4 Å². The van der Waals surface area contributed by atoms with E-state index in [1.165, 1.54) is 6.92 Å². The molecule has 0 spiro atoms. The molecule has 0 aromatic heterocycles. The van der Waals surface area contributed by atoms with Crippen LogP contribution >= 0.6 is 0 Å². The van der Waals surface area contributed by atoms with E-state index in [1.54, 1.807) is 0 Å². The molecule has 0 aliphatic heterocycles. The summed E-state index contributed by atoms with van der Waals surface area (Å²) in [5.41, 5.74) is -1.65. The molecule has 0 aliphatic rings. The SMILES string of the molecule is CC(=O)CC(O)(CF)CCO. The zero-order chi connectivity index (χ0) is 8.91. The number of hydrogen-bond acceptors (Lipinski definition) is 3. The number of halogens is 1. The largest absolute Gasteiger partial charge is 0.396 e. The van der Waals surface area contributed by atoms with Gasteiger partial charge in [-0.15, -0.1) is 0 Å². The standard InChI is InChI=1S/C7H13FO3/c1-6(10)4-7(11,5-8)2-3-9/h9,11H,2-5H2,1H3. The molecule has 4 heteroatoms. The minimum absolute atomic E-state index is 0.0942. The summed E-state index contributed by atoms with van der Waals surface area (Å²) in [6, 6.07) is 0. The van der Waals surface area contributed by atoms with E-state index in [9.17, 15) is 14.3 Å². The van der Waals surface area contributed by atoms with E-state index in [-0.39, 0.29) is 25.2 Å². The summed E-state index contributed by atoms with van der Waals surface area (Å²) < 4.78 is 12.1. The van der Waals surface area contributed by atoms with Crippen molar-refractivity contribution in [3.05, 3.63) is 0 Å². The summed E-state index contributed by atoms with van der Waals surface area (Å²) >= 11 is 0. The number of Topliss-reactive ketones (excluding diaryl/α,β-unsaturated/α-hetero) is 1. The van der Waals surface area contributed by atoms with Gasteiger partial charge >= 0.3 is 0 Å². The normalized spacial score (nSPS) is 16.0. The Bertz CT molecular complexity index is 138. The molecule has 0 aromatic carbocycles. The van der Waals surface area contributed by atoms with Crippen LogP contribution in [0.15, 0.2) is 0 Å². The Hall–Kier alpha value is -0.480. The van der Waals surface area contributed by atoms with Gasteiger partial charge in [0.05, 0.1) is 0 Å². The van der Waals surface area contributed by atoms with Crippen molar-refractivity contribution in [1.29, 1.82) is 0 Å². The van der Waals surface area contributed by atoms with Crippen LogP contribution in [-0.2, 0) is 4.79 Å². The van der Waals surface area contributed by atoms with Crippen molar-refractivity contribution in [2.75, 3.05) is 13.3 Å². The van der Waals surface area contributed by atoms with Gasteiger partial charge in [0.25, 0.3) is 0 Å². The van der Waals surface area contributed by atoms with E-state index in [0.717, 1.165) is 0 Å². The number of hydrogen-bond donors (Lipinski definition) is 2. The molecule has 0 aromatic rings. The van der Waals surface area contributed by atoms with Crippen molar-refractivity contribution in [2.45, 2.75) is 25.4 Å². The first kappa shape index (κ1) is 10.5. The van der Waals surface area contributed by atoms with Crippen molar-refractivity contribution >= 4 is 5.78 Å². The average molecular weight is 164 g/mol. The van der Waals surface area contributed by atoms with Gasteiger partial charge in [-0.05, 0) is 6.92 Å². The van der Waals surface area contributed by atoms with Gasteiger partial charge < -0.3 is 10.2 Å². The number of ketones is 1. The number of aliphatic hydroxyl groups excluding tert-OH is 1. The van der Waals surface area contributed by atoms with Crippen LogP contribution in [0.5, 0.6) is 0 Å². The van der Waals surface area contributed by atoms with Gasteiger partial charge in [-0.25, -0.2) is 4.39 Å². The third-order valence-corrected chi connectivity index (χ3v) is 1.40. The molecule has 0 rings (SSSR count). The highest BCUT2D eigenvalue weighted by molar-refractivity contribution is 5.76. The van der Waals surface area contributed by atoms with Gasteiger partial charge in [0.1, 0.15) is 18.1 Å². The van der Waals surface area contributed by atoms with Crippen molar-refractivity contribution in [2.24, 2.45) is 0 Å². The summed E-state index contributed by atoms with van der Waals surface area (Å²) in [5.74, 6) is -0.279. The lowest BCUT2D eigenvalue weighted by Gasteiger charge is -2.21. The van der Waals surface area contributed by atoms with E-state index in [4.69, 9.17) is 5.11 Å². The predicted octanol–water partition coefficient (Wildman–Crippen LogP) is 0.0485. The lowest BCUT2D eigenvalue weighted by atomic mass is 9.96. The fraction of sp³-hybridized carbons (Fsp3) is 0.857. The highest BCUT2D eigenvalue weighted by Crippen LogP contribution is 2.15. The molecule has 0 saturated heterocycles. The Balaban J connectivity index is 3.98. The molecule has 0 fully saturated rings. The van der Waals surface area contributed by atoms with Crippen LogP contribution in [0.25, 0.3) is 0 Å². The third-order valence-electron chi connectivity index (χ3n) is 1.40. The summed E-state index contributed by atoms with van der Waals surface area (Å²) in [4.78, 5) is 10.5. The molecule has 2 N–H and O–H groups in total. The van der Waals surface area contributed by atoms with Gasteiger partial charge in [-0.1, -0.05) is 0 Å². The second kappa shape index (κ2) is 4.41. The average Bonchev–Trinajstić information content (AvgIpc) is 1.87. The van der Waals surface area contributed by atoms with Crippen LogP contribution in [-0.4, -0.2) is 34.9 Å². The van der Waals surface area contributed by atoms with Crippen molar-refractivity contribution in [1.82, 2.24) is 0 Å². The van der Waals surface area contributed by atoms with Gasteiger partial charge in [0, 0.05) is 19.4 Å². The predicted molar refractivity (Wildman–Crippen MR) is 37.9 cm³/mol. The Kier molecular flexibility index (Phi) is 4.22. The van der Waals surface area contributed by atoms with E-state index in [2.05, 4.69) is 0 Å². The van der Waals surface area contributed by atoms with E-state index >= 15 is 0 Å². The Morgan fingerprint density at radius 2 is 2.18 bits per heavy atom.